The molecule has 2 rings (SSSR count). The Morgan fingerprint density at radius 1 is 1.32 bits per heavy atom. The highest BCUT2D eigenvalue weighted by atomic mass is 16.4. The molecule has 0 unspecified atom stereocenters. The van der Waals surface area contributed by atoms with Crippen molar-refractivity contribution in [3.05, 3.63) is 24.0 Å². The lowest BCUT2D eigenvalue weighted by Gasteiger charge is -2.39. The van der Waals surface area contributed by atoms with Crippen LogP contribution in [0, 0.1) is 0 Å². The first kappa shape index (κ1) is 13.6. The van der Waals surface area contributed by atoms with Crippen molar-refractivity contribution in [1.82, 2.24) is 9.47 Å². The van der Waals surface area contributed by atoms with Crippen molar-refractivity contribution in [1.29, 1.82) is 0 Å². The van der Waals surface area contributed by atoms with Crippen molar-refractivity contribution < 1.29 is 14.7 Å². The van der Waals surface area contributed by atoms with Crippen LogP contribution in [0.1, 0.15) is 43.6 Å². The van der Waals surface area contributed by atoms with E-state index in [-0.39, 0.29) is 24.5 Å². The number of aromatic nitrogens is 1. The molecule has 0 aromatic carbocycles. The number of rotatable bonds is 3. The molecule has 19 heavy (non-hydrogen) atoms. The van der Waals surface area contributed by atoms with Crippen LogP contribution in [-0.4, -0.2) is 38.5 Å². The van der Waals surface area contributed by atoms with Crippen LogP contribution in [0.4, 0.5) is 0 Å². The smallest absolute Gasteiger partial charge is 0.323 e. The minimum Gasteiger partial charge on any atom is -0.480 e. The Bertz CT molecular complexity index is 471. The van der Waals surface area contributed by atoms with Crippen LogP contribution in [-0.2, 0) is 11.3 Å². The van der Waals surface area contributed by atoms with Gasteiger partial charge in [-0.1, -0.05) is 0 Å². The fourth-order valence-corrected chi connectivity index (χ4v) is 2.85. The molecule has 2 atom stereocenters. The Morgan fingerprint density at radius 2 is 1.95 bits per heavy atom. The topological polar surface area (TPSA) is 62.5 Å². The highest BCUT2D eigenvalue weighted by Crippen LogP contribution is 2.24. The largest absolute Gasteiger partial charge is 0.480 e. The Morgan fingerprint density at radius 3 is 2.53 bits per heavy atom. The van der Waals surface area contributed by atoms with Gasteiger partial charge in [-0.25, -0.2) is 0 Å². The van der Waals surface area contributed by atoms with E-state index in [1.54, 1.807) is 18.3 Å². The Kier molecular flexibility index (Phi) is 3.93. The Labute approximate surface area is 112 Å². The summed E-state index contributed by atoms with van der Waals surface area (Å²) in [4.78, 5) is 25.3. The molecule has 1 aliphatic rings. The number of likely N-dealkylation sites (tertiary alicyclic amines) is 1. The molecule has 1 aromatic heterocycles. The van der Waals surface area contributed by atoms with Crippen molar-refractivity contribution in [2.75, 3.05) is 0 Å². The van der Waals surface area contributed by atoms with Crippen LogP contribution >= 0.6 is 0 Å². The summed E-state index contributed by atoms with van der Waals surface area (Å²) >= 11 is 0. The van der Waals surface area contributed by atoms with Crippen LogP contribution < -0.4 is 0 Å². The normalized spacial score (nSPS) is 23.4. The molecular formula is C14H20N2O3. The molecule has 5 nitrogen and oxygen atoms in total. The van der Waals surface area contributed by atoms with Gasteiger partial charge in [0.1, 0.15) is 12.2 Å². The number of carboxylic acids is 1. The number of piperidine rings is 1. The first-order chi connectivity index (χ1) is 9.00. The van der Waals surface area contributed by atoms with E-state index in [2.05, 4.69) is 13.8 Å². The summed E-state index contributed by atoms with van der Waals surface area (Å²) in [6.45, 7) is 3.93. The van der Waals surface area contributed by atoms with Gasteiger partial charge in [0.15, 0.2) is 0 Å². The maximum Gasteiger partial charge on any atom is 0.323 e. The van der Waals surface area contributed by atoms with Gasteiger partial charge in [-0.05, 0) is 45.2 Å². The molecule has 1 saturated heterocycles. The van der Waals surface area contributed by atoms with Crippen molar-refractivity contribution in [3.8, 4) is 0 Å². The van der Waals surface area contributed by atoms with Gasteiger partial charge in [-0.3, -0.25) is 9.59 Å². The predicted molar refractivity (Wildman–Crippen MR) is 71.0 cm³/mol. The molecule has 0 aliphatic carbocycles. The van der Waals surface area contributed by atoms with Crippen LogP contribution in [0.15, 0.2) is 18.3 Å². The summed E-state index contributed by atoms with van der Waals surface area (Å²) < 4.78 is 1.50. The first-order valence-corrected chi connectivity index (χ1v) is 6.70. The number of carbonyl (C=O) groups excluding carboxylic acids is 1. The van der Waals surface area contributed by atoms with E-state index in [1.807, 2.05) is 4.90 Å². The number of amides is 1. The third-order valence-electron chi connectivity index (χ3n) is 3.78. The summed E-state index contributed by atoms with van der Waals surface area (Å²) in [5.41, 5.74) is 0.461. The van der Waals surface area contributed by atoms with Gasteiger partial charge in [-0.15, -0.1) is 0 Å². The molecule has 0 bridgehead atoms. The van der Waals surface area contributed by atoms with E-state index < -0.39 is 5.97 Å². The molecule has 1 amide bonds. The second kappa shape index (κ2) is 5.47. The zero-order valence-corrected chi connectivity index (χ0v) is 11.4. The van der Waals surface area contributed by atoms with Gasteiger partial charge in [0.05, 0.1) is 0 Å². The van der Waals surface area contributed by atoms with Gasteiger partial charge >= 0.3 is 5.97 Å². The van der Waals surface area contributed by atoms with Crippen molar-refractivity contribution >= 4 is 11.9 Å². The van der Waals surface area contributed by atoms with Crippen molar-refractivity contribution in [2.24, 2.45) is 0 Å². The van der Waals surface area contributed by atoms with Crippen LogP contribution in [0.2, 0.25) is 0 Å². The molecule has 0 radical (unpaired) electrons. The Balaban J connectivity index is 2.23. The number of hydrogen-bond donors (Lipinski definition) is 1. The second-order valence-corrected chi connectivity index (χ2v) is 5.26. The van der Waals surface area contributed by atoms with Crippen LogP contribution in [0.5, 0.6) is 0 Å². The van der Waals surface area contributed by atoms with E-state index in [4.69, 9.17) is 5.11 Å². The van der Waals surface area contributed by atoms with Crippen molar-refractivity contribution in [2.45, 2.75) is 51.7 Å². The zero-order valence-electron chi connectivity index (χ0n) is 11.4. The van der Waals surface area contributed by atoms with Gasteiger partial charge in [0.25, 0.3) is 5.91 Å². The minimum atomic E-state index is -0.940. The lowest BCUT2D eigenvalue weighted by molar-refractivity contribution is -0.137. The average Bonchev–Trinajstić information content (AvgIpc) is 2.75. The quantitative estimate of drug-likeness (QED) is 0.908. The SMILES string of the molecule is C[C@@H]1CCC[C@H](C)N1C(=O)c1cccn1CC(=O)O. The molecule has 0 saturated carbocycles. The fraction of sp³-hybridized carbons (Fsp3) is 0.571. The highest BCUT2D eigenvalue weighted by Gasteiger charge is 2.30. The second-order valence-electron chi connectivity index (χ2n) is 5.26. The fourth-order valence-electron chi connectivity index (χ4n) is 2.85. The van der Waals surface area contributed by atoms with Gasteiger partial charge in [0, 0.05) is 18.3 Å². The summed E-state index contributed by atoms with van der Waals surface area (Å²) in [5, 5.41) is 8.86. The monoisotopic (exact) mass is 264 g/mol. The maximum absolute atomic E-state index is 12.6. The van der Waals surface area contributed by atoms with E-state index in [0.29, 0.717) is 5.69 Å². The summed E-state index contributed by atoms with van der Waals surface area (Å²) in [6, 6.07) is 3.84. The molecule has 5 heteroatoms. The number of hydrogen-bond acceptors (Lipinski definition) is 2. The van der Waals surface area contributed by atoms with E-state index in [9.17, 15) is 9.59 Å². The number of nitrogens with zero attached hydrogens (tertiary/aromatic N) is 2. The van der Waals surface area contributed by atoms with E-state index >= 15 is 0 Å². The molecule has 1 aromatic rings. The van der Waals surface area contributed by atoms with Crippen LogP contribution in [0.25, 0.3) is 0 Å². The first-order valence-electron chi connectivity index (χ1n) is 6.70. The number of aliphatic carboxylic acids is 1. The third-order valence-corrected chi connectivity index (χ3v) is 3.78. The minimum absolute atomic E-state index is 0.0639. The molecule has 2 heterocycles. The average molecular weight is 264 g/mol. The molecule has 1 fully saturated rings. The van der Waals surface area contributed by atoms with Gasteiger partial charge in [0.2, 0.25) is 0 Å². The zero-order chi connectivity index (χ0) is 14.0. The lowest BCUT2D eigenvalue weighted by Crippen LogP contribution is -2.48. The Hall–Kier alpha value is -1.78. The third kappa shape index (κ3) is 2.80. The van der Waals surface area contributed by atoms with Crippen molar-refractivity contribution in [3.63, 3.8) is 0 Å². The maximum atomic E-state index is 12.6. The van der Waals surface area contributed by atoms with E-state index in [1.165, 1.54) is 4.57 Å². The predicted octanol–water partition coefficient (Wildman–Crippen LogP) is 1.98. The molecule has 0 spiro atoms. The number of carboxylic acid groups (broad SMARTS) is 1. The summed E-state index contributed by atoms with van der Waals surface area (Å²) in [7, 11) is 0. The van der Waals surface area contributed by atoms with Crippen LogP contribution in [0.3, 0.4) is 0 Å². The summed E-state index contributed by atoms with van der Waals surface area (Å²) in [6.07, 6.45) is 4.80. The standard InChI is InChI=1S/C14H20N2O3/c1-10-5-3-6-11(2)16(10)14(19)12-7-4-8-15(12)9-13(17)18/h4,7-8,10-11H,3,5-6,9H2,1-2H3,(H,17,18)/t10-,11+. The molecule has 1 aliphatic heterocycles. The number of carbonyl (C=O) groups is 2. The molecule has 104 valence electrons. The molecular weight excluding hydrogens is 244 g/mol. The highest BCUT2D eigenvalue weighted by molar-refractivity contribution is 5.93. The molecule has 1 N–H and O–H groups in total. The van der Waals surface area contributed by atoms with Gasteiger partial charge in [-0.2, -0.15) is 0 Å². The summed E-state index contributed by atoms with van der Waals surface area (Å²) in [5.74, 6) is -1.00. The lowest BCUT2D eigenvalue weighted by atomic mass is 9.97. The van der Waals surface area contributed by atoms with E-state index in [0.717, 1.165) is 19.3 Å². The van der Waals surface area contributed by atoms with Gasteiger partial charge < -0.3 is 14.6 Å².